The van der Waals surface area contributed by atoms with Gasteiger partial charge in [0.1, 0.15) is 17.6 Å². The summed E-state index contributed by atoms with van der Waals surface area (Å²) in [4.78, 5) is 30.3. The zero-order chi connectivity index (χ0) is 30.6. The number of carboxylic acids is 1. The Balaban J connectivity index is 0.00000108. The second-order valence-corrected chi connectivity index (χ2v) is 11.6. The maximum atomic E-state index is 12.6. The standard InChI is InChI=1S/C28H36N2O6.C4H11N/c1-5-34-14-13-27(31)30-18-22-16-23(11-10-21(22)17-25(30)28(32)33)35-15-12-24-20(4)36-26(29-24)9-7-6-8-19(2)3;1-4(2,3)5/h7,9-11,13-14,16,19,25H,5-6,8,12,15,17-18H2,1-4H3,(H,32,33);5H2,1-3H3/b9-7+,14-13+;/t25-;/m0./s1. The third-order valence-corrected chi connectivity index (χ3v) is 6.04. The Morgan fingerprint density at radius 2 is 1.98 bits per heavy atom. The number of rotatable bonds is 12. The fourth-order valence-electron chi connectivity index (χ4n) is 4.03. The average Bonchev–Trinajstić information content (AvgIpc) is 3.23. The third kappa shape index (κ3) is 12.2. The summed E-state index contributed by atoms with van der Waals surface area (Å²) >= 11 is 0. The van der Waals surface area contributed by atoms with Crippen molar-refractivity contribution in [1.29, 1.82) is 0 Å². The molecule has 0 unspecified atom stereocenters. The number of nitrogens with two attached hydrogens (primary N) is 1. The fourth-order valence-corrected chi connectivity index (χ4v) is 4.03. The van der Waals surface area contributed by atoms with E-state index in [1.807, 2.05) is 58.9 Å². The molecule has 226 valence electrons. The van der Waals surface area contributed by atoms with Gasteiger partial charge < -0.3 is 29.6 Å². The summed E-state index contributed by atoms with van der Waals surface area (Å²) in [5, 5.41) is 9.65. The van der Waals surface area contributed by atoms with Crippen LogP contribution in [0.3, 0.4) is 0 Å². The Kier molecular flexibility index (Phi) is 13.1. The van der Waals surface area contributed by atoms with Crippen LogP contribution in [0.15, 0.2) is 41.0 Å². The molecular formula is C32H47N3O6. The van der Waals surface area contributed by atoms with Crippen LogP contribution < -0.4 is 10.5 Å². The molecule has 0 saturated heterocycles. The number of nitrogens with zero attached hydrogens (tertiary/aromatic N) is 2. The van der Waals surface area contributed by atoms with E-state index >= 15 is 0 Å². The number of carboxylic acid groups (broad SMARTS) is 1. The second-order valence-electron chi connectivity index (χ2n) is 11.6. The minimum atomic E-state index is -1.03. The summed E-state index contributed by atoms with van der Waals surface area (Å²) < 4.78 is 16.8. The molecule has 1 aliphatic rings. The number of carbonyl (C=O) groups excluding carboxylic acids is 1. The molecule has 9 heteroatoms. The largest absolute Gasteiger partial charge is 0.501 e. The summed E-state index contributed by atoms with van der Waals surface area (Å²) in [6, 6.07) is 4.66. The lowest BCUT2D eigenvalue weighted by Crippen LogP contribution is -2.48. The van der Waals surface area contributed by atoms with Gasteiger partial charge in [-0.05, 0) is 82.7 Å². The van der Waals surface area contributed by atoms with Gasteiger partial charge in [0.15, 0.2) is 0 Å². The lowest BCUT2D eigenvalue weighted by molar-refractivity contribution is -0.149. The van der Waals surface area contributed by atoms with Crippen LogP contribution in [0, 0.1) is 12.8 Å². The van der Waals surface area contributed by atoms with Crippen molar-refractivity contribution in [3.05, 3.63) is 65.1 Å². The van der Waals surface area contributed by atoms with Crippen molar-refractivity contribution < 1.29 is 28.6 Å². The minimum Gasteiger partial charge on any atom is -0.501 e. The van der Waals surface area contributed by atoms with Crippen molar-refractivity contribution in [2.75, 3.05) is 13.2 Å². The number of hydrogen-bond donors (Lipinski definition) is 2. The third-order valence-electron chi connectivity index (χ3n) is 6.04. The Bertz CT molecular complexity index is 1190. The Morgan fingerprint density at radius 3 is 2.61 bits per heavy atom. The molecule has 1 atom stereocenters. The highest BCUT2D eigenvalue weighted by atomic mass is 16.5. The fraction of sp³-hybridized carbons (Fsp3) is 0.531. The average molecular weight is 570 g/mol. The highest BCUT2D eigenvalue weighted by molar-refractivity contribution is 5.91. The molecule has 41 heavy (non-hydrogen) atoms. The van der Waals surface area contributed by atoms with Gasteiger partial charge in [-0.15, -0.1) is 0 Å². The molecule has 1 aliphatic heterocycles. The minimum absolute atomic E-state index is 0. The molecular weight excluding hydrogens is 522 g/mol. The molecule has 0 spiro atoms. The molecule has 3 rings (SSSR count). The number of aromatic nitrogens is 1. The van der Waals surface area contributed by atoms with Gasteiger partial charge in [-0.3, -0.25) is 4.79 Å². The summed E-state index contributed by atoms with van der Waals surface area (Å²) in [5.41, 5.74) is 7.98. The van der Waals surface area contributed by atoms with Crippen LogP contribution in [-0.2, 0) is 33.7 Å². The molecule has 2 aromatic rings. The Labute approximate surface area is 244 Å². The van der Waals surface area contributed by atoms with Gasteiger partial charge >= 0.3 is 5.97 Å². The molecule has 1 amide bonds. The van der Waals surface area contributed by atoms with E-state index in [2.05, 4.69) is 24.9 Å². The van der Waals surface area contributed by atoms with Crippen molar-refractivity contribution in [3.8, 4) is 5.75 Å². The number of carbonyl (C=O) groups is 2. The van der Waals surface area contributed by atoms with E-state index in [4.69, 9.17) is 19.6 Å². The van der Waals surface area contributed by atoms with E-state index < -0.39 is 17.9 Å². The van der Waals surface area contributed by atoms with Crippen molar-refractivity contribution in [2.45, 2.75) is 92.3 Å². The van der Waals surface area contributed by atoms with E-state index in [0.717, 1.165) is 35.4 Å². The predicted molar refractivity (Wildman–Crippen MR) is 160 cm³/mol. The topological polar surface area (TPSA) is 128 Å². The summed E-state index contributed by atoms with van der Waals surface area (Å²) in [6.45, 7) is 15.0. The van der Waals surface area contributed by atoms with Crippen LogP contribution in [-0.4, -0.2) is 51.7 Å². The van der Waals surface area contributed by atoms with Crippen LogP contribution in [0.5, 0.6) is 5.75 Å². The van der Waals surface area contributed by atoms with Gasteiger partial charge in [0.25, 0.3) is 5.91 Å². The number of fused-ring (bicyclic) bond motifs is 1. The predicted octanol–water partition coefficient (Wildman–Crippen LogP) is 5.69. The second kappa shape index (κ2) is 16.0. The quantitative estimate of drug-likeness (QED) is 0.247. The smallest absolute Gasteiger partial charge is 0.326 e. The molecule has 0 fully saturated rings. The molecule has 0 saturated carbocycles. The van der Waals surface area contributed by atoms with Crippen LogP contribution in [0.4, 0.5) is 0 Å². The molecule has 1 aromatic carbocycles. The van der Waals surface area contributed by atoms with Gasteiger partial charge in [0.05, 0.1) is 25.2 Å². The van der Waals surface area contributed by atoms with Gasteiger partial charge in [-0.1, -0.05) is 26.0 Å². The first-order valence-corrected chi connectivity index (χ1v) is 14.3. The highest BCUT2D eigenvalue weighted by Gasteiger charge is 2.34. The van der Waals surface area contributed by atoms with Gasteiger partial charge in [-0.2, -0.15) is 0 Å². The number of benzene rings is 1. The maximum Gasteiger partial charge on any atom is 0.326 e. The number of aryl methyl sites for hydroxylation is 1. The summed E-state index contributed by atoms with van der Waals surface area (Å²) in [7, 11) is 0. The van der Waals surface area contributed by atoms with Gasteiger partial charge in [0, 0.05) is 31.0 Å². The SMILES string of the molecule is CC(C)(C)N.CCO/C=C/C(=O)N1Cc2cc(OCCc3nc(/C=C/CCC(C)C)oc3C)ccc2C[C@H]1C(=O)O. The molecule has 0 aliphatic carbocycles. The van der Waals surface area contributed by atoms with Crippen molar-refractivity contribution in [1.82, 2.24) is 9.88 Å². The first-order valence-electron chi connectivity index (χ1n) is 14.3. The van der Waals surface area contributed by atoms with Crippen LogP contribution in [0.1, 0.15) is 82.9 Å². The number of amides is 1. The van der Waals surface area contributed by atoms with Crippen molar-refractivity contribution in [2.24, 2.45) is 11.7 Å². The lowest BCUT2D eigenvalue weighted by Gasteiger charge is -2.34. The van der Waals surface area contributed by atoms with Gasteiger partial charge in [0.2, 0.25) is 5.89 Å². The first kappa shape index (κ1) is 33.6. The number of allylic oxidation sites excluding steroid dienone is 1. The zero-order valence-corrected chi connectivity index (χ0v) is 25.6. The van der Waals surface area contributed by atoms with Gasteiger partial charge in [-0.25, -0.2) is 9.78 Å². The summed E-state index contributed by atoms with van der Waals surface area (Å²) in [5.74, 6) is 1.28. The highest BCUT2D eigenvalue weighted by Crippen LogP contribution is 2.28. The van der Waals surface area contributed by atoms with E-state index in [1.54, 1.807) is 0 Å². The van der Waals surface area contributed by atoms with Crippen LogP contribution in [0.2, 0.25) is 0 Å². The Hall–Kier alpha value is -3.59. The van der Waals surface area contributed by atoms with E-state index in [9.17, 15) is 14.7 Å². The number of aliphatic carboxylic acids is 1. The monoisotopic (exact) mass is 569 g/mol. The number of ether oxygens (including phenoxy) is 2. The maximum absolute atomic E-state index is 12.6. The number of hydrogen-bond acceptors (Lipinski definition) is 7. The molecule has 0 radical (unpaired) electrons. The van der Waals surface area contributed by atoms with Crippen molar-refractivity contribution in [3.63, 3.8) is 0 Å². The molecule has 3 N–H and O–H groups in total. The zero-order valence-electron chi connectivity index (χ0n) is 25.6. The lowest BCUT2D eigenvalue weighted by atomic mass is 9.93. The molecule has 2 heterocycles. The molecule has 0 bridgehead atoms. The van der Waals surface area contributed by atoms with Crippen molar-refractivity contribution >= 4 is 18.0 Å². The van der Waals surface area contributed by atoms with E-state index in [0.29, 0.717) is 37.2 Å². The van der Waals surface area contributed by atoms with Crippen LogP contribution >= 0.6 is 0 Å². The normalized spacial score (nSPS) is 15.1. The van der Waals surface area contributed by atoms with E-state index in [1.165, 1.54) is 17.2 Å². The molecule has 1 aromatic heterocycles. The Morgan fingerprint density at radius 1 is 1.27 bits per heavy atom. The first-order chi connectivity index (χ1) is 19.3. The van der Waals surface area contributed by atoms with E-state index in [-0.39, 0.29) is 18.5 Å². The summed E-state index contributed by atoms with van der Waals surface area (Å²) in [6.07, 6.45) is 9.54. The number of oxazole rings is 1. The molecule has 9 nitrogen and oxygen atoms in total. The van der Waals surface area contributed by atoms with Crippen LogP contribution in [0.25, 0.3) is 6.08 Å².